The molecule has 0 aliphatic heterocycles. The van der Waals surface area contributed by atoms with E-state index in [-0.39, 0.29) is 127 Å². The molecule has 0 amide bonds. The highest BCUT2D eigenvalue weighted by atomic mass is 32.2. The second kappa shape index (κ2) is 47.3. The van der Waals surface area contributed by atoms with Crippen LogP contribution in [0.15, 0.2) is 93.4 Å². The van der Waals surface area contributed by atoms with E-state index >= 15 is 0 Å². The molecule has 24 atom stereocenters. The lowest BCUT2D eigenvalue weighted by molar-refractivity contribution is -0.0629. The number of aliphatic hydroxyl groups is 12. The predicted octanol–water partition coefficient (Wildman–Crippen LogP) is 8.73. The van der Waals surface area contributed by atoms with E-state index in [1.54, 1.807) is 76.2 Å². The number of nitrogens with one attached hydrogen (secondary N) is 4. The molecule has 8 aliphatic rings. The maximum absolute atomic E-state index is 14.3. The van der Waals surface area contributed by atoms with E-state index in [0.29, 0.717) is 88.0 Å². The van der Waals surface area contributed by atoms with Crippen molar-refractivity contribution in [3.05, 3.63) is 141 Å². The molecule has 8 aliphatic carbocycles. The molecule has 144 heavy (non-hydrogen) atoms. The van der Waals surface area contributed by atoms with Crippen LogP contribution in [0.5, 0.6) is 0 Å². The summed E-state index contributed by atoms with van der Waals surface area (Å²) in [6, 6.07) is 8.44. The van der Waals surface area contributed by atoms with Crippen molar-refractivity contribution < 1.29 is 120 Å². The van der Waals surface area contributed by atoms with Crippen LogP contribution in [0.1, 0.15) is 219 Å². The number of aryl methyl sites for hydroxylation is 4. The SMILES string of the molecule is [2H]C([2H])(CO)O[C@H]1C[C@@H](n2nnc3c(N[C@]4([2H])C[C@@]4([2H])c4ccc(C)c(F)c4)nc(SCCC)nc32)[C@H](O)[C@@H]1O.[2H]C([2H])(O)C([2H])([2H])O[C@H]1C[C@@H](n2nnc3c(N[C@]4([2H])C[C@@]4([2H])c4ccc(C)c(F)c4)nc(SCCC)nc32)[C@H](O)[C@@H]1O.[2H]C([2H])(O)CO[C@H]1C[C@@H](n2nnc3c(N[C@]4([2H])C[C@@]4([2H])c4ccc(C)c(F)c4)nc(SCCC)nc32)[C@H](O)[C@@H]1O.[2H][C@@]1(Nc2nc(SCCC)nc3c2nnn3[C@@H]2C[C@H](OCCO)[C@@H](O)[C@H]2O)C[C@@]1([2H])c1ccc(C)c(F)c1. The lowest BCUT2D eigenvalue weighted by Gasteiger charge is -2.17. The van der Waals surface area contributed by atoms with Crippen LogP contribution in [-0.2, 0) is 18.9 Å². The maximum Gasteiger partial charge on any atom is 0.191 e. The third-order valence-electron chi connectivity index (χ3n) is 25.5. The zero-order chi connectivity index (χ0) is 116. The number of halogens is 4. The Morgan fingerprint density at radius 3 is 0.833 bits per heavy atom. The highest BCUT2D eigenvalue weighted by molar-refractivity contribution is 7.99. The van der Waals surface area contributed by atoms with Gasteiger partial charge in [0.25, 0.3) is 0 Å². The molecule has 0 bridgehead atoms. The zero-order valence-electron chi connectivity index (χ0n) is 95.4. The molecule has 0 saturated heterocycles. The number of aromatic nitrogens is 20. The monoisotopic (exact) mass is 2090 g/mol. The van der Waals surface area contributed by atoms with Gasteiger partial charge in [-0.1, -0.05) is 144 Å². The van der Waals surface area contributed by atoms with Crippen molar-refractivity contribution in [2.24, 2.45) is 0 Å². The molecule has 20 rings (SSSR count). The third-order valence-corrected chi connectivity index (χ3v) is 29.7. The molecule has 12 aromatic rings. The normalized spacial score (nSPS) is 33.7. The Hall–Kier alpha value is -9.52. The first kappa shape index (κ1) is 86.5. The van der Waals surface area contributed by atoms with Gasteiger partial charge in [0, 0.05) is 102 Å². The summed E-state index contributed by atoms with van der Waals surface area (Å²) in [4.78, 5) is 36.4. The lowest BCUT2D eigenvalue weighted by atomic mass is 10.1. The molecule has 8 aromatic heterocycles. The largest absolute Gasteiger partial charge is 0.394 e. The van der Waals surface area contributed by atoms with Gasteiger partial charge in [-0.25, -0.2) is 76.2 Å². The van der Waals surface area contributed by atoms with Crippen LogP contribution >= 0.6 is 47.0 Å². The number of aliphatic hydroxyl groups excluding tert-OH is 10. The van der Waals surface area contributed by atoms with Crippen molar-refractivity contribution in [1.29, 1.82) is 0 Å². The van der Waals surface area contributed by atoms with Gasteiger partial charge in [-0.05, 0) is 148 Å². The molecule has 0 radical (unpaired) electrons. The zero-order valence-corrected chi connectivity index (χ0v) is 82.7. The Labute approximate surface area is 866 Å². The van der Waals surface area contributed by atoms with Gasteiger partial charge in [0.2, 0.25) is 0 Å². The van der Waals surface area contributed by atoms with E-state index in [1.165, 1.54) is 90.0 Å². The number of ether oxygens (including phenoxy) is 4. The number of fused-ring (bicyclic) bond motifs is 4. The fourth-order valence-electron chi connectivity index (χ4n) is 17.3. The number of rotatable bonds is 40. The topological polar surface area (TPSA) is 554 Å². The number of anilines is 4. The Kier molecular flexibility index (Phi) is 28.4. The highest BCUT2D eigenvalue weighted by Gasteiger charge is 2.51. The van der Waals surface area contributed by atoms with Crippen molar-refractivity contribution in [2.75, 3.05) is 96.9 Å². The highest BCUT2D eigenvalue weighted by Crippen LogP contribution is 2.50. The lowest BCUT2D eigenvalue weighted by Crippen LogP contribution is -2.33. The first-order valence-electron chi connectivity index (χ1n) is 55.1. The van der Waals surface area contributed by atoms with Gasteiger partial charge >= 0.3 is 0 Å². The summed E-state index contributed by atoms with van der Waals surface area (Å²) in [7, 11) is 0. The smallest absolute Gasteiger partial charge is 0.191 e. The second-order valence-corrected chi connectivity index (χ2v) is 39.9. The van der Waals surface area contributed by atoms with Crippen molar-refractivity contribution in [3.8, 4) is 0 Å². The minimum Gasteiger partial charge on any atom is -0.394 e. The Morgan fingerprint density at radius 1 is 0.340 bits per heavy atom. The Bertz CT molecular complexity index is 7350. The van der Waals surface area contributed by atoms with Gasteiger partial charge < -0.3 is 101 Å². The molecule has 48 heteroatoms. The van der Waals surface area contributed by atoms with Gasteiger partial charge in [-0.15, -0.1) is 20.4 Å². The van der Waals surface area contributed by atoms with E-state index in [4.69, 9.17) is 46.0 Å². The molecule has 40 nitrogen and oxygen atoms in total. The Morgan fingerprint density at radius 2 is 0.597 bits per heavy atom. The summed E-state index contributed by atoms with van der Waals surface area (Å²) in [5, 5.41) is 169. The van der Waals surface area contributed by atoms with Crippen LogP contribution in [0.3, 0.4) is 0 Å². The molecule has 8 heterocycles. The number of thioether (sulfide) groups is 4. The number of hydrogen-bond acceptors (Lipinski definition) is 40. The quantitative estimate of drug-likeness (QED) is 0.00969. The fourth-order valence-corrected chi connectivity index (χ4v) is 20.1. The van der Waals surface area contributed by atoms with E-state index in [1.807, 2.05) is 27.7 Å². The van der Waals surface area contributed by atoms with E-state index in [9.17, 15) is 73.7 Å². The molecule has 4 aromatic carbocycles. The molecule has 8 saturated carbocycles. The second-order valence-electron chi connectivity index (χ2n) is 35.6. The first-order valence-corrected chi connectivity index (χ1v) is 51.1. The van der Waals surface area contributed by atoms with Crippen molar-refractivity contribution in [2.45, 2.75) is 298 Å². The maximum atomic E-state index is 14.3. The number of hydrogen-bond donors (Lipinski definition) is 16. The summed E-state index contributed by atoms with van der Waals surface area (Å²) >= 11 is 5.46. The summed E-state index contributed by atoms with van der Waals surface area (Å²) in [5.41, 5.74) is 4.86. The van der Waals surface area contributed by atoms with Gasteiger partial charge in [0.15, 0.2) is 88.6 Å². The molecular weight excluding hydrogens is 1950 g/mol. The average molecular weight is 2090 g/mol. The van der Waals surface area contributed by atoms with E-state index in [2.05, 4.69) is 102 Å². The minimum atomic E-state index is -3.37. The van der Waals surface area contributed by atoms with Gasteiger partial charge in [-0.3, -0.25) is 0 Å². The molecule has 776 valence electrons. The van der Waals surface area contributed by atoms with Gasteiger partial charge in [-0.2, -0.15) is 0 Å². The fraction of sp³-hybridized carbons (Fsp3) is 0.583. The van der Waals surface area contributed by atoms with Crippen LogP contribution < -0.4 is 21.3 Å². The number of benzene rings is 4. The van der Waals surface area contributed by atoms with Gasteiger partial charge in [0.05, 0.1) is 118 Å². The molecule has 0 spiro atoms. The first-order chi connectivity index (χ1) is 75.2. The van der Waals surface area contributed by atoms with Crippen molar-refractivity contribution in [1.82, 2.24) is 99.8 Å². The van der Waals surface area contributed by atoms with Crippen LogP contribution in [-0.4, -0.2) is 334 Å². The van der Waals surface area contributed by atoms with E-state index in [0.717, 1.165) is 31.4 Å². The van der Waals surface area contributed by atoms with E-state index < -0.39 is 208 Å². The third kappa shape index (κ3) is 23.8. The van der Waals surface area contributed by atoms with Gasteiger partial charge in [0.1, 0.15) is 72.1 Å². The number of nitrogens with zero attached hydrogens (tertiary/aromatic N) is 20. The standard InChI is InChI=1S/4C24H31FN6O4S/c4*1-3-8-36-24-27-22(26-16-10-14(16)13-5-4-12(2)15(25)9-13)19-23(28-24)31(30-29-19)17-11-18(35-7-6-32)21(34)20(17)33/h4*4-5,9,14,16-18,20-21,32-34H,3,6-8,10-11H2,1-2H3,(H,26,27,28)/t4*14-,16+,17+,18-,20-,21+/m0000/s1/i6D2,7D2,14D,16D;7D2,14D,16D;6D2,14D,16D;14D,16D. The minimum absolute atomic E-state index is 0.0264. The van der Waals surface area contributed by atoms with Crippen LogP contribution in [0.2, 0.25) is 0 Å². The summed E-state index contributed by atoms with van der Waals surface area (Å²) < 4.78 is 215. The average Bonchev–Trinajstić information content (AvgIpc) is 1.54. The molecular formula is C96H124F4N24O16S4. The molecule has 0 unspecified atom stereocenters. The van der Waals surface area contributed by atoms with Crippen molar-refractivity contribution >= 4 is 115 Å². The van der Waals surface area contributed by atoms with Crippen molar-refractivity contribution in [3.63, 3.8) is 0 Å². The Balaban J connectivity index is 0.000000143. The van der Waals surface area contributed by atoms with Crippen LogP contribution in [0.4, 0.5) is 40.8 Å². The molecule has 8 fully saturated rings. The molecule has 16 N–H and O–H groups in total. The summed E-state index contributed by atoms with van der Waals surface area (Å²) in [5.74, 6) is -4.08. The summed E-state index contributed by atoms with van der Waals surface area (Å²) in [6.07, 6.45) is -11.7. The van der Waals surface area contributed by atoms with Crippen LogP contribution in [0.25, 0.3) is 44.7 Å². The predicted molar refractivity (Wildman–Crippen MR) is 530 cm³/mol. The van der Waals surface area contributed by atoms with Crippen LogP contribution in [0, 0.1) is 51.0 Å². The summed E-state index contributed by atoms with van der Waals surface area (Å²) in [6.45, 7) is 1.14.